The van der Waals surface area contributed by atoms with Gasteiger partial charge < -0.3 is 20.4 Å². The molecule has 0 bridgehead atoms. The minimum absolute atomic E-state index is 0.0627. The van der Waals surface area contributed by atoms with E-state index in [0.717, 1.165) is 49.7 Å². The molecular formula is C22H27ClN4O. The summed E-state index contributed by atoms with van der Waals surface area (Å²) in [5, 5.41) is 6.71. The van der Waals surface area contributed by atoms with E-state index in [2.05, 4.69) is 51.7 Å². The van der Waals surface area contributed by atoms with Gasteiger partial charge in [0.05, 0.1) is 0 Å². The fraction of sp³-hybridized carbons (Fsp3) is 0.409. The zero-order valence-corrected chi connectivity index (χ0v) is 17.0. The summed E-state index contributed by atoms with van der Waals surface area (Å²) in [5.41, 5.74) is 3.33. The molecular weight excluding hydrogens is 372 g/mol. The molecule has 2 N–H and O–H groups in total. The second-order valence-corrected chi connectivity index (χ2v) is 8.37. The van der Waals surface area contributed by atoms with E-state index in [-0.39, 0.29) is 11.4 Å². The van der Waals surface area contributed by atoms with E-state index >= 15 is 0 Å². The van der Waals surface area contributed by atoms with E-state index in [9.17, 15) is 4.79 Å². The average molecular weight is 399 g/mol. The summed E-state index contributed by atoms with van der Waals surface area (Å²) in [4.78, 5) is 17.1. The number of hydrogen-bond donors (Lipinski definition) is 2. The van der Waals surface area contributed by atoms with E-state index in [4.69, 9.17) is 11.6 Å². The Labute approximate surface area is 171 Å². The fourth-order valence-corrected chi connectivity index (χ4v) is 3.89. The van der Waals surface area contributed by atoms with Crippen molar-refractivity contribution in [3.05, 3.63) is 59.1 Å². The number of likely N-dealkylation sites (N-methyl/N-ethyl adjacent to an activating group) is 1. The molecule has 2 aromatic rings. The predicted octanol–water partition coefficient (Wildman–Crippen LogP) is 3.95. The summed E-state index contributed by atoms with van der Waals surface area (Å²) in [5.74, 6) is 0. The summed E-state index contributed by atoms with van der Waals surface area (Å²) >= 11 is 5.98. The van der Waals surface area contributed by atoms with Gasteiger partial charge in [0.1, 0.15) is 0 Å². The zero-order chi connectivity index (χ0) is 19.6. The van der Waals surface area contributed by atoms with Gasteiger partial charge in [-0.25, -0.2) is 4.79 Å². The Kier molecular flexibility index (Phi) is 5.47. The Morgan fingerprint density at radius 3 is 2.25 bits per heavy atom. The van der Waals surface area contributed by atoms with Crippen molar-refractivity contribution in [3.8, 4) is 0 Å². The molecule has 148 valence electrons. The number of benzene rings is 2. The molecule has 2 aliphatic rings. The number of halogens is 1. The summed E-state index contributed by atoms with van der Waals surface area (Å²) in [6.07, 6.45) is 2.18. The van der Waals surface area contributed by atoms with Crippen LogP contribution in [0, 0.1) is 0 Å². The molecule has 2 amide bonds. The molecule has 0 aromatic heterocycles. The standard InChI is InChI=1S/C22H27ClN4O/c1-26-12-14-27(15-13-26)20-8-6-19(7-9-20)25-21(28)24-16-22(10-11-22)17-2-4-18(23)5-3-17/h2-9H,10-16H2,1H3,(H2,24,25,28). The number of carbonyl (C=O) groups excluding carboxylic acids is 1. The molecule has 6 heteroatoms. The number of nitrogens with zero attached hydrogens (tertiary/aromatic N) is 2. The molecule has 4 rings (SSSR count). The Balaban J connectivity index is 1.29. The maximum absolute atomic E-state index is 12.3. The molecule has 1 saturated heterocycles. The van der Waals surface area contributed by atoms with E-state index in [1.807, 2.05) is 24.3 Å². The first-order chi connectivity index (χ1) is 13.5. The normalized spacial score (nSPS) is 18.6. The summed E-state index contributed by atoms with van der Waals surface area (Å²) in [7, 11) is 2.15. The van der Waals surface area contributed by atoms with Crippen LogP contribution in [0.25, 0.3) is 0 Å². The molecule has 0 radical (unpaired) electrons. The highest BCUT2D eigenvalue weighted by Crippen LogP contribution is 2.47. The highest BCUT2D eigenvalue weighted by molar-refractivity contribution is 6.30. The van der Waals surface area contributed by atoms with Crippen LogP contribution in [0.2, 0.25) is 5.02 Å². The molecule has 2 fully saturated rings. The Bertz CT molecular complexity index is 809. The van der Waals surface area contributed by atoms with Crippen molar-refractivity contribution < 1.29 is 4.79 Å². The number of carbonyl (C=O) groups is 1. The van der Waals surface area contributed by atoms with Gasteiger partial charge in [0.15, 0.2) is 0 Å². The molecule has 0 spiro atoms. The summed E-state index contributed by atoms with van der Waals surface area (Å²) in [6.45, 7) is 4.88. The van der Waals surface area contributed by atoms with Crippen LogP contribution in [-0.2, 0) is 5.41 Å². The van der Waals surface area contributed by atoms with Gasteiger partial charge in [-0.05, 0) is 61.9 Å². The van der Waals surface area contributed by atoms with Crippen molar-refractivity contribution in [1.29, 1.82) is 0 Å². The molecule has 1 aliphatic heterocycles. The number of rotatable bonds is 5. The maximum Gasteiger partial charge on any atom is 0.319 e. The number of nitrogens with one attached hydrogen (secondary N) is 2. The average Bonchev–Trinajstić information content (AvgIpc) is 3.49. The number of piperazine rings is 1. The lowest BCUT2D eigenvalue weighted by Gasteiger charge is -2.34. The van der Waals surface area contributed by atoms with Gasteiger partial charge >= 0.3 is 6.03 Å². The van der Waals surface area contributed by atoms with Crippen LogP contribution >= 0.6 is 11.6 Å². The van der Waals surface area contributed by atoms with Crippen molar-refractivity contribution in [2.24, 2.45) is 0 Å². The smallest absolute Gasteiger partial charge is 0.319 e. The monoisotopic (exact) mass is 398 g/mol. The minimum Gasteiger partial charge on any atom is -0.369 e. The molecule has 0 unspecified atom stereocenters. The van der Waals surface area contributed by atoms with E-state index in [1.165, 1.54) is 11.3 Å². The largest absolute Gasteiger partial charge is 0.369 e. The predicted molar refractivity (Wildman–Crippen MR) is 116 cm³/mol. The zero-order valence-electron chi connectivity index (χ0n) is 16.2. The van der Waals surface area contributed by atoms with Crippen LogP contribution in [0.4, 0.5) is 16.2 Å². The van der Waals surface area contributed by atoms with Crippen molar-refractivity contribution >= 4 is 29.0 Å². The van der Waals surface area contributed by atoms with Crippen molar-refractivity contribution in [2.75, 3.05) is 50.0 Å². The van der Waals surface area contributed by atoms with E-state index in [0.29, 0.717) is 6.54 Å². The first-order valence-electron chi connectivity index (χ1n) is 9.89. The Morgan fingerprint density at radius 1 is 1.00 bits per heavy atom. The van der Waals surface area contributed by atoms with Crippen LogP contribution in [-0.4, -0.2) is 50.7 Å². The fourth-order valence-electron chi connectivity index (χ4n) is 3.77. The number of hydrogen-bond acceptors (Lipinski definition) is 3. The van der Waals surface area contributed by atoms with Crippen molar-refractivity contribution in [2.45, 2.75) is 18.3 Å². The summed E-state index contributed by atoms with van der Waals surface area (Å²) in [6, 6.07) is 15.9. The molecule has 1 aliphatic carbocycles. The lowest BCUT2D eigenvalue weighted by atomic mass is 9.96. The quantitative estimate of drug-likeness (QED) is 0.801. The van der Waals surface area contributed by atoms with Crippen molar-refractivity contribution in [1.82, 2.24) is 10.2 Å². The molecule has 1 saturated carbocycles. The van der Waals surface area contributed by atoms with Gasteiger partial charge in [-0.15, -0.1) is 0 Å². The minimum atomic E-state index is -0.160. The van der Waals surface area contributed by atoms with Gasteiger partial charge in [0.25, 0.3) is 0 Å². The number of anilines is 2. The number of amides is 2. The molecule has 0 atom stereocenters. The van der Waals surface area contributed by atoms with Crippen LogP contribution in [0.5, 0.6) is 0 Å². The lowest BCUT2D eigenvalue weighted by Crippen LogP contribution is -2.44. The Morgan fingerprint density at radius 2 is 1.64 bits per heavy atom. The van der Waals surface area contributed by atoms with Crippen LogP contribution in [0.3, 0.4) is 0 Å². The van der Waals surface area contributed by atoms with Gasteiger partial charge in [-0.1, -0.05) is 23.7 Å². The Hall–Kier alpha value is -2.24. The molecule has 2 aromatic carbocycles. The van der Waals surface area contributed by atoms with E-state index in [1.54, 1.807) is 0 Å². The summed E-state index contributed by atoms with van der Waals surface area (Å²) < 4.78 is 0. The third-order valence-corrected chi connectivity index (χ3v) is 6.14. The van der Waals surface area contributed by atoms with Gasteiger partial charge in [0, 0.05) is 54.5 Å². The second-order valence-electron chi connectivity index (χ2n) is 7.93. The first-order valence-corrected chi connectivity index (χ1v) is 10.3. The molecule has 5 nitrogen and oxygen atoms in total. The van der Waals surface area contributed by atoms with Crippen molar-refractivity contribution in [3.63, 3.8) is 0 Å². The SMILES string of the molecule is CN1CCN(c2ccc(NC(=O)NCC3(c4ccc(Cl)cc4)CC3)cc2)CC1. The third kappa shape index (κ3) is 4.42. The van der Waals surface area contributed by atoms with Crippen LogP contribution in [0.1, 0.15) is 18.4 Å². The van der Waals surface area contributed by atoms with Gasteiger partial charge in [-0.3, -0.25) is 0 Å². The highest BCUT2D eigenvalue weighted by Gasteiger charge is 2.44. The van der Waals surface area contributed by atoms with E-state index < -0.39 is 0 Å². The van der Waals surface area contributed by atoms with Gasteiger partial charge in [0.2, 0.25) is 0 Å². The molecule has 1 heterocycles. The lowest BCUT2D eigenvalue weighted by molar-refractivity contribution is 0.251. The topological polar surface area (TPSA) is 47.6 Å². The second kappa shape index (κ2) is 8.02. The van der Waals surface area contributed by atoms with Crippen LogP contribution < -0.4 is 15.5 Å². The van der Waals surface area contributed by atoms with Crippen LogP contribution in [0.15, 0.2) is 48.5 Å². The first kappa shape index (κ1) is 19.1. The maximum atomic E-state index is 12.3. The highest BCUT2D eigenvalue weighted by atomic mass is 35.5. The number of urea groups is 1. The third-order valence-electron chi connectivity index (χ3n) is 5.89. The molecule has 28 heavy (non-hydrogen) atoms. The van der Waals surface area contributed by atoms with Gasteiger partial charge in [-0.2, -0.15) is 0 Å².